The highest BCUT2D eigenvalue weighted by atomic mass is 16.5. The summed E-state index contributed by atoms with van der Waals surface area (Å²) in [6.07, 6.45) is 1.43. The van der Waals surface area contributed by atoms with Gasteiger partial charge in [-0.1, -0.05) is 0 Å². The number of hydrogen-bond donors (Lipinski definition) is 1. The third-order valence-corrected chi connectivity index (χ3v) is 5.05. The summed E-state index contributed by atoms with van der Waals surface area (Å²) in [6.45, 7) is 3.21. The summed E-state index contributed by atoms with van der Waals surface area (Å²) in [7, 11) is 3.05. The highest BCUT2D eigenvalue weighted by molar-refractivity contribution is 5.97. The predicted molar refractivity (Wildman–Crippen MR) is 108 cm³/mol. The fraction of sp³-hybridized carbons (Fsp3) is 0.381. The molecule has 1 aliphatic heterocycles. The average molecular weight is 415 g/mol. The van der Waals surface area contributed by atoms with Gasteiger partial charge in [-0.25, -0.2) is 0 Å². The van der Waals surface area contributed by atoms with Crippen LogP contribution in [0, 0.1) is 6.92 Å². The Labute approximate surface area is 174 Å². The molecule has 0 spiro atoms. The number of rotatable bonds is 6. The van der Waals surface area contributed by atoms with Crippen LogP contribution in [-0.2, 0) is 4.79 Å². The minimum atomic E-state index is -0.350. The van der Waals surface area contributed by atoms with Crippen molar-refractivity contribution in [3.8, 4) is 11.5 Å². The average Bonchev–Trinajstić information content (AvgIpc) is 3.22. The van der Waals surface area contributed by atoms with E-state index in [0.29, 0.717) is 54.6 Å². The number of ether oxygens (including phenoxy) is 2. The number of hydrogen-bond acceptors (Lipinski definition) is 6. The van der Waals surface area contributed by atoms with Crippen LogP contribution in [0.25, 0.3) is 0 Å². The maximum atomic E-state index is 12.8. The molecule has 160 valence electrons. The van der Waals surface area contributed by atoms with Crippen LogP contribution in [0.5, 0.6) is 11.5 Å². The Kier molecular flexibility index (Phi) is 6.61. The molecule has 1 aliphatic rings. The van der Waals surface area contributed by atoms with Crippen LogP contribution >= 0.6 is 0 Å². The Hall–Kier alpha value is -3.49. The fourth-order valence-electron chi connectivity index (χ4n) is 3.29. The van der Waals surface area contributed by atoms with Crippen LogP contribution in [0.15, 0.2) is 34.9 Å². The molecule has 1 N–H and O–H groups in total. The molecule has 0 radical (unpaired) electrons. The minimum absolute atomic E-state index is 0.104. The molecule has 9 nitrogen and oxygen atoms in total. The molecule has 1 fully saturated rings. The van der Waals surface area contributed by atoms with Gasteiger partial charge in [0.1, 0.15) is 5.76 Å². The lowest BCUT2D eigenvalue weighted by Crippen LogP contribution is -2.52. The molecule has 1 aromatic heterocycles. The van der Waals surface area contributed by atoms with Crippen molar-refractivity contribution in [1.29, 1.82) is 0 Å². The first-order valence-corrected chi connectivity index (χ1v) is 9.56. The highest BCUT2D eigenvalue weighted by Crippen LogP contribution is 2.28. The van der Waals surface area contributed by atoms with Gasteiger partial charge in [0.2, 0.25) is 5.91 Å². The van der Waals surface area contributed by atoms with E-state index in [-0.39, 0.29) is 24.3 Å². The first-order chi connectivity index (χ1) is 14.4. The van der Waals surface area contributed by atoms with E-state index in [4.69, 9.17) is 13.9 Å². The van der Waals surface area contributed by atoms with Crippen molar-refractivity contribution >= 4 is 17.7 Å². The number of amides is 3. The van der Waals surface area contributed by atoms with Gasteiger partial charge in [-0.2, -0.15) is 0 Å². The molecule has 2 aromatic rings. The van der Waals surface area contributed by atoms with E-state index >= 15 is 0 Å². The molecule has 9 heteroatoms. The predicted octanol–water partition coefficient (Wildman–Crippen LogP) is 1.32. The zero-order valence-corrected chi connectivity index (χ0v) is 17.3. The summed E-state index contributed by atoms with van der Waals surface area (Å²) in [4.78, 5) is 40.6. The van der Waals surface area contributed by atoms with Crippen LogP contribution in [0.3, 0.4) is 0 Å². The fourth-order valence-corrected chi connectivity index (χ4v) is 3.29. The number of carbonyl (C=O) groups is 3. The third kappa shape index (κ3) is 4.56. The standard InChI is InChI=1S/C21H25N3O6/c1-14-16(6-11-30-14)20(26)22-13-19(25)23-7-9-24(10-8-23)21(27)15-4-5-17(28-2)18(12-15)29-3/h4-6,11-12H,7-10,13H2,1-3H3,(H,22,26). The van der Waals surface area contributed by atoms with Crippen LogP contribution in [0.4, 0.5) is 0 Å². The number of methoxy groups -OCH3 is 2. The molecule has 0 bridgehead atoms. The molecule has 0 aliphatic carbocycles. The minimum Gasteiger partial charge on any atom is -0.493 e. The molecule has 0 unspecified atom stereocenters. The second-order valence-electron chi connectivity index (χ2n) is 6.82. The lowest BCUT2D eigenvalue weighted by atomic mass is 10.1. The van der Waals surface area contributed by atoms with Crippen molar-refractivity contribution in [2.75, 3.05) is 46.9 Å². The zero-order chi connectivity index (χ0) is 21.7. The van der Waals surface area contributed by atoms with Crippen molar-refractivity contribution in [1.82, 2.24) is 15.1 Å². The van der Waals surface area contributed by atoms with E-state index in [1.807, 2.05) is 0 Å². The molecular weight excluding hydrogens is 390 g/mol. The van der Waals surface area contributed by atoms with Gasteiger partial charge in [0, 0.05) is 31.7 Å². The van der Waals surface area contributed by atoms with Crippen molar-refractivity contribution in [2.45, 2.75) is 6.92 Å². The Morgan fingerprint density at radius 3 is 2.27 bits per heavy atom. The number of nitrogens with one attached hydrogen (secondary N) is 1. The number of furan rings is 1. The largest absolute Gasteiger partial charge is 0.493 e. The summed E-state index contributed by atoms with van der Waals surface area (Å²) in [5, 5.41) is 2.61. The van der Waals surface area contributed by atoms with E-state index in [2.05, 4.69) is 5.32 Å². The van der Waals surface area contributed by atoms with Crippen molar-refractivity contribution in [3.05, 3.63) is 47.4 Å². The summed E-state index contributed by atoms with van der Waals surface area (Å²) in [5.41, 5.74) is 0.906. The summed E-state index contributed by atoms with van der Waals surface area (Å²) >= 11 is 0. The van der Waals surface area contributed by atoms with Crippen molar-refractivity contribution < 1.29 is 28.3 Å². The molecule has 1 saturated heterocycles. The third-order valence-electron chi connectivity index (χ3n) is 5.05. The Morgan fingerprint density at radius 2 is 1.67 bits per heavy atom. The van der Waals surface area contributed by atoms with E-state index in [0.717, 1.165) is 0 Å². The second kappa shape index (κ2) is 9.34. The van der Waals surface area contributed by atoms with Crippen LogP contribution < -0.4 is 14.8 Å². The number of benzene rings is 1. The molecule has 2 heterocycles. The lowest BCUT2D eigenvalue weighted by Gasteiger charge is -2.35. The molecule has 30 heavy (non-hydrogen) atoms. The molecular formula is C21H25N3O6. The topological polar surface area (TPSA) is 101 Å². The van der Waals surface area contributed by atoms with Gasteiger partial charge in [-0.15, -0.1) is 0 Å². The molecule has 0 atom stereocenters. The van der Waals surface area contributed by atoms with E-state index in [9.17, 15) is 14.4 Å². The van der Waals surface area contributed by atoms with Crippen LogP contribution in [0.1, 0.15) is 26.5 Å². The van der Waals surface area contributed by atoms with Crippen LogP contribution in [-0.4, -0.2) is 74.5 Å². The Bertz CT molecular complexity index is 931. The summed E-state index contributed by atoms with van der Waals surface area (Å²) in [6, 6.07) is 6.59. The normalized spacial score (nSPS) is 13.7. The number of aryl methyl sites for hydroxylation is 1. The van der Waals surface area contributed by atoms with Gasteiger partial charge >= 0.3 is 0 Å². The van der Waals surface area contributed by atoms with Gasteiger partial charge in [-0.3, -0.25) is 14.4 Å². The van der Waals surface area contributed by atoms with E-state index < -0.39 is 0 Å². The van der Waals surface area contributed by atoms with Gasteiger partial charge in [0.15, 0.2) is 11.5 Å². The summed E-state index contributed by atoms with van der Waals surface area (Å²) < 4.78 is 15.6. The maximum Gasteiger partial charge on any atom is 0.255 e. The van der Waals surface area contributed by atoms with Gasteiger partial charge < -0.3 is 29.0 Å². The second-order valence-corrected chi connectivity index (χ2v) is 6.82. The van der Waals surface area contributed by atoms with Crippen molar-refractivity contribution in [2.24, 2.45) is 0 Å². The molecule has 1 aromatic carbocycles. The van der Waals surface area contributed by atoms with E-state index in [1.165, 1.54) is 20.5 Å². The highest BCUT2D eigenvalue weighted by Gasteiger charge is 2.26. The quantitative estimate of drug-likeness (QED) is 0.764. The molecule has 3 rings (SSSR count). The zero-order valence-electron chi connectivity index (χ0n) is 17.3. The van der Waals surface area contributed by atoms with Crippen LogP contribution in [0.2, 0.25) is 0 Å². The SMILES string of the molecule is COc1ccc(C(=O)N2CCN(C(=O)CNC(=O)c3ccoc3C)CC2)cc1OC. The molecule has 3 amide bonds. The number of nitrogens with zero attached hydrogens (tertiary/aromatic N) is 2. The first kappa shape index (κ1) is 21.2. The monoisotopic (exact) mass is 415 g/mol. The van der Waals surface area contributed by atoms with E-state index in [1.54, 1.807) is 41.0 Å². The smallest absolute Gasteiger partial charge is 0.255 e. The van der Waals surface area contributed by atoms with Gasteiger partial charge in [0.25, 0.3) is 11.8 Å². The maximum absolute atomic E-state index is 12.8. The molecule has 0 saturated carbocycles. The first-order valence-electron chi connectivity index (χ1n) is 9.56. The Balaban J connectivity index is 1.51. The summed E-state index contributed by atoms with van der Waals surface area (Å²) in [5.74, 6) is 0.867. The van der Waals surface area contributed by atoms with Gasteiger partial charge in [0.05, 0.1) is 32.6 Å². The Morgan fingerprint density at radius 1 is 1.00 bits per heavy atom. The number of piperazine rings is 1. The van der Waals surface area contributed by atoms with Crippen molar-refractivity contribution in [3.63, 3.8) is 0 Å². The van der Waals surface area contributed by atoms with Gasteiger partial charge in [-0.05, 0) is 31.2 Å². The number of carbonyl (C=O) groups excluding carboxylic acids is 3. The lowest BCUT2D eigenvalue weighted by molar-refractivity contribution is -0.131.